The molecule has 2 aromatic rings. The van der Waals surface area contributed by atoms with Gasteiger partial charge in [-0.1, -0.05) is 23.7 Å². The topological polar surface area (TPSA) is 43.8 Å². The Morgan fingerprint density at radius 3 is 2.79 bits per heavy atom. The summed E-state index contributed by atoms with van der Waals surface area (Å²) in [5.74, 6) is 0. The maximum Gasteiger partial charge on any atom is 0.134 e. The minimum atomic E-state index is 0.621. The molecule has 0 saturated carbocycles. The van der Waals surface area contributed by atoms with Crippen LogP contribution in [0.25, 0.3) is 11.1 Å². The van der Waals surface area contributed by atoms with Crippen LogP contribution in [0.2, 0.25) is 5.15 Å². The third kappa shape index (κ3) is 1.46. The summed E-state index contributed by atoms with van der Waals surface area (Å²) < 4.78 is 1.63. The Labute approximate surface area is 87.1 Å². The molecule has 0 spiro atoms. The van der Waals surface area contributed by atoms with E-state index in [1.165, 1.54) is 0 Å². The lowest BCUT2D eigenvalue weighted by Crippen LogP contribution is -1.88. The number of aryl methyl sites for hydroxylation is 1. The Morgan fingerprint density at radius 2 is 2.21 bits per heavy atom. The third-order valence-corrected chi connectivity index (χ3v) is 2.51. The van der Waals surface area contributed by atoms with Crippen LogP contribution in [0.1, 0.15) is 0 Å². The van der Waals surface area contributed by atoms with Crippen molar-refractivity contribution in [1.82, 2.24) is 9.78 Å². The first-order valence-electron chi connectivity index (χ1n) is 4.22. The first-order chi connectivity index (χ1) is 6.68. The number of nitrogen functional groups attached to an aromatic ring is 1. The molecule has 72 valence electrons. The van der Waals surface area contributed by atoms with Crippen molar-refractivity contribution in [3.05, 3.63) is 35.6 Å². The molecule has 2 rings (SSSR count). The number of halogens is 1. The van der Waals surface area contributed by atoms with Crippen LogP contribution >= 0.6 is 11.6 Å². The highest BCUT2D eigenvalue weighted by Gasteiger charge is 2.07. The second-order valence-corrected chi connectivity index (χ2v) is 3.46. The highest BCUT2D eigenvalue weighted by Crippen LogP contribution is 2.27. The van der Waals surface area contributed by atoms with Crippen molar-refractivity contribution in [3.63, 3.8) is 0 Å². The van der Waals surface area contributed by atoms with E-state index in [2.05, 4.69) is 5.10 Å². The van der Waals surface area contributed by atoms with Gasteiger partial charge in [0.15, 0.2) is 0 Å². The van der Waals surface area contributed by atoms with Crippen LogP contribution in [0.5, 0.6) is 0 Å². The van der Waals surface area contributed by atoms with Gasteiger partial charge < -0.3 is 5.73 Å². The van der Waals surface area contributed by atoms with Gasteiger partial charge in [0, 0.05) is 18.3 Å². The molecule has 0 radical (unpaired) electrons. The molecule has 0 unspecified atom stereocenters. The van der Waals surface area contributed by atoms with Gasteiger partial charge in [-0.05, 0) is 17.7 Å². The molecule has 1 aromatic heterocycles. The zero-order valence-corrected chi connectivity index (χ0v) is 8.49. The third-order valence-electron chi connectivity index (χ3n) is 2.06. The lowest BCUT2D eigenvalue weighted by Gasteiger charge is -2.00. The molecular formula is C10H10ClN3. The van der Waals surface area contributed by atoms with E-state index in [-0.39, 0.29) is 0 Å². The fraction of sp³-hybridized carbons (Fsp3) is 0.100. The number of anilines is 1. The second-order valence-electron chi connectivity index (χ2n) is 3.10. The van der Waals surface area contributed by atoms with Crippen LogP contribution in [0.3, 0.4) is 0 Å². The summed E-state index contributed by atoms with van der Waals surface area (Å²) in [5.41, 5.74) is 8.30. The van der Waals surface area contributed by atoms with Gasteiger partial charge in [-0.2, -0.15) is 5.10 Å². The van der Waals surface area contributed by atoms with Gasteiger partial charge in [0.05, 0.1) is 6.20 Å². The van der Waals surface area contributed by atoms with E-state index >= 15 is 0 Å². The van der Waals surface area contributed by atoms with Gasteiger partial charge >= 0.3 is 0 Å². The van der Waals surface area contributed by atoms with Gasteiger partial charge in [-0.15, -0.1) is 0 Å². The number of hydrogen-bond acceptors (Lipinski definition) is 2. The first kappa shape index (κ1) is 9.09. The van der Waals surface area contributed by atoms with Crippen LogP contribution in [-0.2, 0) is 7.05 Å². The summed E-state index contributed by atoms with van der Waals surface area (Å²) in [6.45, 7) is 0. The summed E-state index contributed by atoms with van der Waals surface area (Å²) >= 11 is 6.06. The van der Waals surface area contributed by atoms with Gasteiger partial charge in [0.2, 0.25) is 0 Å². The molecule has 1 heterocycles. The quantitative estimate of drug-likeness (QED) is 0.730. The van der Waals surface area contributed by atoms with E-state index in [9.17, 15) is 0 Å². The minimum Gasteiger partial charge on any atom is -0.399 e. The summed E-state index contributed by atoms with van der Waals surface area (Å²) in [7, 11) is 1.80. The summed E-state index contributed by atoms with van der Waals surface area (Å²) in [4.78, 5) is 0. The Bertz CT molecular complexity index is 462. The van der Waals surface area contributed by atoms with Crippen LogP contribution in [-0.4, -0.2) is 9.78 Å². The Hall–Kier alpha value is -1.48. The maximum absolute atomic E-state index is 6.06. The number of nitrogens with zero attached hydrogens (tertiary/aromatic N) is 2. The molecule has 0 amide bonds. The number of benzene rings is 1. The number of nitrogens with two attached hydrogens (primary N) is 1. The van der Waals surface area contributed by atoms with Gasteiger partial charge in [-0.25, -0.2) is 0 Å². The van der Waals surface area contributed by atoms with Gasteiger partial charge in [0.25, 0.3) is 0 Å². The maximum atomic E-state index is 6.06. The molecule has 0 fully saturated rings. The van der Waals surface area contributed by atoms with E-state index < -0.39 is 0 Å². The van der Waals surface area contributed by atoms with Crippen molar-refractivity contribution in [1.29, 1.82) is 0 Å². The second kappa shape index (κ2) is 3.35. The van der Waals surface area contributed by atoms with E-state index in [4.69, 9.17) is 17.3 Å². The summed E-state index contributed by atoms with van der Waals surface area (Å²) in [6, 6.07) is 7.57. The normalized spacial score (nSPS) is 10.4. The lowest BCUT2D eigenvalue weighted by atomic mass is 10.1. The molecule has 2 N–H and O–H groups in total. The highest BCUT2D eigenvalue weighted by molar-refractivity contribution is 6.32. The molecule has 3 nitrogen and oxygen atoms in total. The minimum absolute atomic E-state index is 0.621. The van der Waals surface area contributed by atoms with Crippen LogP contribution < -0.4 is 5.73 Å². The number of hydrogen-bond donors (Lipinski definition) is 1. The van der Waals surface area contributed by atoms with Crippen molar-refractivity contribution in [2.75, 3.05) is 5.73 Å². The fourth-order valence-electron chi connectivity index (χ4n) is 1.32. The van der Waals surface area contributed by atoms with Crippen LogP contribution in [0.15, 0.2) is 30.5 Å². The summed E-state index contributed by atoms with van der Waals surface area (Å²) in [5, 5.41) is 4.69. The smallest absolute Gasteiger partial charge is 0.134 e. The predicted octanol–water partition coefficient (Wildman–Crippen LogP) is 2.32. The largest absolute Gasteiger partial charge is 0.399 e. The van der Waals surface area contributed by atoms with Crippen molar-refractivity contribution in [2.24, 2.45) is 7.05 Å². The Balaban J connectivity index is 2.55. The van der Waals surface area contributed by atoms with Crippen molar-refractivity contribution in [3.8, 4) is 11.1 Å². The zero-order valence-electron chi connectivity index (χ0n) is 7.74. The van der Waals surface area contributed by atoms with E-state index in [1.54, 1.807) is 17.9 Å². The van der Waals surface area contributed by atoms with E-state index in [0.717, 1.165) is 16.8 Å². The number of aromatic nitrogens is 2. The van der Waals surface area contributed by atoms with E-state index in [0.29, 0.717) is 5.15 Å². The van der Waals surface area contributed by atoms with Gasteiger partial charge in [0.1, 0.15) is 5.15 Å². The first-order valence-corrected chi connectivity index (χ1v) is 4.59. The molecule has 0 aliphatic heterocycles. The molecule has 0 bridgehead atoms. The van der Waals surface area contributed by atoms with Crippen molar-refractivity contribution in [2.45, 2.75) is 0 Å². The standard InChI is InChI=1S/C10H10ClN3/c1-14-10(11)9(6-13-14)7-3-2-4-8(12)5-7/h2-6H,12H2,1H3. The monoisotopic (exact) mass is 207 g/mol. The molecule has 0 saturated heterocycles. The van der Waals surface area contributed by atoms with E-state index in [1.807, 2.05) is 24.3 Å². The SMILES string of the molecule is Cn1ncc(-c2cccc(N)c2)c1Cl. The molecule has 0 aliphatic carbocycles. The lowest BCUT2D eigenvalue weighted by molar-refractivity contribution is 0.769. The number of rotatable bonds is 1. The molecular weight excluding hydrogens is 198 g/mol. The zero-order chi connectivity index (χ0) is 10.1. The molecule has 0 atom stereocenters. The van der Waals surface area contributed by atoms with Crippen molar-refractivity contribution >= 4 is 17.3 Å². The Kier molecular flexibility index (Phi) is 2.17. The molecule has 14 heavy (non-hydrogen) atoms. The molecule has 4 heteroatoms. The average Bonchev–Trinajstić information content (AvgIpc) is 2.48. The van der Waals surface area contributed by atoms with Gasteiger partial charge in [-0.3, -0.25) is 4.68 Å². The van der Waals surface area contributed by atoms with Crippen molar-refractivity contribution < 1.29 is 0 Å². The fourth-order valence-corrected chi connectivity index (χ4v) is 1.52. The Morgan fingerprint density at radius 1 is 1.43 bits per heavy atom. The average molecular weight is 208 g/mol. The van der Waals surface area contributed by atoms with Crippen LogP contribution in [0, 0.1) is 0 Å². The highest BCUT2D eigenvalue weighted by atomic mass is 35.5. The summed E-state index contributed by atoms with van der Waals surface area (Å²) in [6.07, 6.45) is 1.73. The molecule has 1 aromatic carbocycles. The predicted molar refractivity (Wildman–Crippen MR) is 58.1 cm³/mol. The van der Waals surface area contributed by atoms with Crippen LogP contribution in [0.4, 0.5) is 5.69 Å². The molecule has 0 aliphatic rings.